The molecule has 4 heteroatoms. The molecule has 9 aromatic rings. The van der Waals surface area contributed by atoms with Gasteiger partial charge in [0.15, 0.2) is 0 Å². The molecule has 1 aliphatic rings. The Balaban J connectivity index is 1.15. The van der Waals surface area contributed by atoms with Gasteiger partial charge in [0.05, 0.1) is 27.8 Å². The first-order chi connectivity index (χ1) is 25.3. The lowest BCUT2D eigenvalue weighted by molar-refractivity contribution is 0.757. The lowest BCUT2D eigenvalue weighted by Gasteiger charge is -2.33. The Labute approximate surface area is 295 Å². The number of aromatic nitrogens is 4. The van der Waals surface area contributed by atoms with Crippen LogP contribution in [0.1, 0.15) is 22.3 Å². The molecule has 0 aliphatic heterocycles. The largest absolute Gasteiger partial charge is 0.264 e. The molecule has 1 aliphatic carbocycles. The van der Waals surface area contributed by atoms with Crippen LogP contribution in [0.5, 0.6) is 0 Å². The number of hydrogen-bond acceptors (Lipinski definition) is 4. The van der Waals surface area contributed by atoms with Crippen molar-refractivity contribution in [3.63, 3.8) is 0 Å². The molecule has 0 spiro atoms. The highest BCUT2D eigenvalue weighted by Gasteiger charge is 2.46. The SMILES string of the molecule is c1ccc(-c2cccc(-c3ccc4ccc5ccc(-c6ccc7c(c6)C(c6cccnc6)(c6cccnc6)c6ccccc6-7)nc5c4n3)c2)cc1. The van der Waals surface area contributed by atoms with Gasteiger partial charge in [0.25, 0.3) is 0 Å². The van der Waals surface area contributed by atoms with Gasteiger partial charge < -0.3 is 0 Å². The topological polar surface area (TPSA) is 51.6 Å². The molecule has 4 heterocycles. The molecular weight excluding hydrogens is 621 g/mol. The Bertz CT molecular complexity index is 2700. The van der Waals surface area contributed by atoms with Crippen LogP contribution in [0.2, 0.25) is 0 Å². The highest BCUT2D eigenvalue weighted by atomic mass is 14.8. The van der Waals surface area contributed by atoms with Gasteiger partial charge in [-0.1, -0.05) is 121 Å². The molecule has 5 aromatic carbocycles. The number of rotatable bonds is 5. The second-order valence-electron chi connectivity index (χ2n) is 13.1. The van der Waals surface area contributed by atoms with Gasteiger partial charge >= 0.3 is 0 Å². The minimum atomic E-state index is -0.585. The van der Waals surface area contributed by atoms with Crippen LogP contribution in [-0.4, -0.2) is 19.9 Å². The molecule has 4 nitrogen and oxygen atoms in total. The van der Waals surface area contributed by atoms with Crippen LogP contribution >= 0.6 is 0 Å². The number of pyridine rings is 4. The average Bonchev–Trinajstić information content (AvgIpc) is 3.52. The lowest BCUT2D eigenvalue weighted by Crippen LogP contribution is -2.29. The van der Waals surface area contributed by atoms with E-state index in [1.807, 2.05) is 43.0 Å². The minimum Gasteiger partial charge on any atom is -0.264 e. The Hall–Kier alpha value is -6.78. The summed E-state index contributed by atoms with van der Waals surface area (Å²) in [6.45, 7) is 0. The van der Waals surface area contributed by atoms with Gasteiger partial charge in [-0.15, -0.1) is 0 Å². The summed E-state index contributed by atoms with van der Waals surface area (Å²) in [5, 5.41) is 2.12. The Kier molecular flexibility index (Phi) is 6.68. The summed E-state index contributed by atoms with van der Waals surface area (Å²) < 4.78 is 0. The fourth-order valence-corrected chi connectivity index (χ4v) is 7.97. The normalized spacial score (nSPS) is 12.9. The molecule has 51 heavy (non-hydrogen) atoms. The number of nitrogens with zero attached hydrogens (tertiary/aromatic N) is 4. The summed E-state index contributed by atoms with van der Waals surface area (Å²) in [7, 11) is 0. The summed E-state index contributed by atoms with van der Waals surface area (Å²) >= 11 is 0. The van der Waals surface area contributed by atoms with Crippen molar-refractivity contribution in [2.24, 2.45) is 0 Å². The van der Waals surface area contributed by atoms with Crippen LogP contribution in [0.4, 0.5) is 0 Å². The van der Waals surface area contributed by atoms with Crippen LogP contribution in [0.3, 0.4) is 0 Å². The van der Waals surface area contributed by atoms with Crippen molar-refractivity contribution in [3.8, 4) is 44.8 Å². The first-order valence-electron chi connectivity index (χ1n) is 17.2. The molecule has 0 unspecified atom stereocenters. The molecular formula is C47H30N4. The highest BCUT2D eigenvalue weighted by molar-refractivity contribution is 6.04. The minimum absolute atomic E-state index is 0.585. The standard InChI is InChI=1S/C47H30N4/c1-2-9-31(10-3-1)34-11-6-12-35(27-34)43-23-20-32-17-18-33-21-24-44(51-46(33)45(32)50-43)36-19-22-40-39-15-4-5-16-41(39)47(42(40)28-36,37-13-7-25-48-29-37)38-14-8-26-49-30-38/h1-30H. The third kappa shape index (κ3) is 4.61. The van der Waals surface area contributed by atoms with Crippen LogP contribution < -0.4 is 0 Å². The molecule has 0 bridgehead atoms. The highest BCUT2D eigenvalue weighted by Crippen LogP contribution is 2.56. The predicted octanol–water partition coefficient (Wildman–Crippen LogP) is 10.9. The van der Waals surface area contributed by atoms with Crippen molar-refractivity contribution in [2.75, 3.05) is 0 Å². The molecule has 0 atom stereocenters. The summed E-state index contributed by atoms with van der Waals surface area (Å²) in [5.74, 6) is 0. The monoisotopic (exact) mass is 650 g/mol. The van der Waals surface area contributed by atoms with E-state index in [2.05, 4.69) is 149 Å². The van der Waals surface area contributed by atoms with E-state index in [1.54, 1.807) is 0 Å². The Morgan fingerprint density at radius 2 is 0.941 bits per heavy atom. The molecule has 4 aromatic heterocycles. The van der Waals surface area contributed by atoms with Gasteiger partial charge in [-0.2, -0.15) is 0 Å². The number of fused-ring (bicyclic) bond motifs is 6. The van der Waals surface area contributed by atoms with Crippen LogP contribution in [0.25, 0.3) is 66.6 Å². The van der Waals surface area contributed by atoms with E-state index >= 15 is 0 Å². The summed E-state index contributed by atoms with van der Waals surface area (Å²) in [6.07, 6.45) is 7.65. The number of hydrogen-bond donors (Lipinski definition) is 0. The molecule has 0 saturated carbocycles. The quantitative estimate of drug-likeness (QED) is 0.174. The Morgan fingerprint density at radius 3 is 1.61 bits per heavy atom. The summed E-state index contributed by atoms with van der Waals surface area (Å²) in [6, 6.07) is 55.8. The van der Waals surface area contributed by atoms with Crippen molar-refractivity contribution < 1.29 is 0 Å². The molecule has 0 saturated heterocycles. The van der Waals surface area contributed by atoms with Crippen molar-refractivity contribution in [1.29, 1.82) is 0 Å². The molecule has 238 valence electrons. The zero-order valence-electron chi connectivity index (χ0n) is 27.6. The van der Waals surface area contributed by atoms with Crippen LogP contribution in [-0.2, 0) is 5.41 Å². The van der Waals surface area contributed by atoms with E-state index in [4.69, 9.17) is 9.97 Å². The van der Waals surface area contributed by atoms with Crippen molar-refractivity contribution >= 4 is 21.8 Å². The Morgan fingerprint density at radius 1 is 0.373 bits per heavy atom. The molecule has 0 N–H and O–H groups in total. The molecule has 10 rings (SSSR count). The van der Waals surface area contributed by atoms with Gasteiger partial charge in [0.2, 0.25) is 0 Å². The maximum absolute atomic E-state index is 5.35. The number of benzene rings is 5. The smallest absolute Gasteiger partial charge is 0.0972 e. The van der Waals surface area contributed by atoms with Gasteiger partial charge in [0, 0.05) is 46.7 Å². The fraction of sp³-hybridized carbons (Fsp3) is 0.0213. The van der Waals surface area contributed by atoms with E-state index in [9.17, 15) is 0 Å². The van der Waals surface area contributed by atoms with Gasteiger partial charge in [-0.3, -0.25) is 9.97 Å². The molecule has 0 radical (unpaired) electrons. The second kappa shape index (κ2) is 11.7. The maximum Gasteiger partial charge on any atom is 0.0972 e. The van der Waals surface area contributed by atoms with Crippen LogP contribution in [0.15, 0.2) is 183 Å². The molecule has 0 fully saturated rings. The van der Waals surface area contributed by atoms with Gasteiger partial charge in [0.1, 0.15) is 0 Å². The van der Waals surface area contributed by atoms with Crippen molar-refractivity contribution in [1.82, 2.24) is 19.9 Å². The zero-order valence-corrected chi connectivity index (χ0v) is 27.6. The lowest BCUT2D eigenvalue weighted by atomic mass is 9.68. The average molecular weight is 651 g/mol. The predicted molar refractivity (Wildman–Crippen MR) is 206 cm³/mol. The van der Waals surface area contributed by atoms with E-state index in [1.165, 1.54) is 33.4 Å². The maximum atomic E-state index is 5.35. The summed E-state index contributed by atoms with van der Waals surface area (Å²) in [4.78, 5) is 19.8. The zero-order chi connectivity index (χ0) is 33.8. The third-order valence-corrected chi connectivity index (χ3v) is 10.3. The second-order valence-corrected chi connectivity index (χ2v) is 13.1. The first-order valence-corrected chi connectivity index (χ1v) is 17.2. The van der Waals surface area contributed by atoms with Gasteiger partial charge in [-0.05, 0) is 80.9 Å². The van der Waals surface area contributed by atoms with Crippen molar-refractivity contribution in [2.45, 2.75) is 5.41 Å². The molecule has 0 amide bonds. The van der Waals surface area contributed by atoms with E-state index in [0.29, 0.717) is 0 Å². The van der Waals surface area contributed by atoms with E-state index < -0.39 is 5.41 Å². The van der Waals surface area contributed by atoms with E-state index in [0.717, 1.165) is 55.4 Å². The summed E-state index contributed by atoms with van der Waals surface area (Å²) in [5.41, 5.74) is 14.6. The van der Waals surface area contributed by atoms with Gasteiger partial charge in [-0.25, -0.2) is 9.97 Å². The van der Waals surface area contributed by atoms with Crippen LogP contribution in [0, 0.1) is 0 Å². The fourth-order valence-electron chi connectivity index (χ4n) is 7.97. The first kappa shape index (κ1) is 29.2. The third-order valence-electron chi connectivity index (χ3n) is 10.3. The van der Waals surface area contributed by atoms with E-state index in [-0.39, 0.29) is 0 Å². The van der Waals surface area contributed by atoms with Crippen molar-refractivity contribution in [3.05, 3.63) is 205 Å².